The molecule has 14 aromatic carbocycles. The molecule has 16 rings (SSSR count). The lowest BCUT2D eigenvalue weighted by Crippen LogP contribution is -2.28. The Kier molecular flexibility index (Phi) is 19.4. The second kappa shape index (κ2) is 30.3. The van der Waals surface area contributed by atoms with Crippen LogP contribution in [0.2, 0.25) is 0 Å². The van der Waals surface area contributed by atoms with Gasteiger partial charge in [0.2, 0.25) is 0 Å². The van der Waals surface area contributed by atoms with Crippen LogP contribution in [0.25, 0.3) is 45.5 Å². The first-order valence-corrected chi connectivity index (χ1v) is 36.4. The number of fused-ring (bicyclic) bond motifs is 6. The van der Waals surface area contributed by atoms with Gasteiger partial charge in [0.1, 0.15) is 47.7 Å². The van der Waals surface area contributed by atoms with Crippen molar-refractivity contribution in [2.24, 2.45) is 0 Å². The normalized spacial score (nSPS) is 14.4. The van der Waals surface area contributed by atoms with E-state index in [2.05, 4.69) is 314 Å². The van der Waals surface area contributed by atoms with Crippen molar-refractivity contribution in [3.63, 3.8) is 0 Å². The summed E-state index contributed by atoms with van der Waals surface area (Å²) >= 11 is 0. The summed E-state index contributed by atoms with van der Waals surface area (Å²) in [6.07, 6.45) is 3.67. The highest BCUT2D eigenvalue weighted by Gasteiger charge is 2.48. The highest BCUT2D eigenvalue weighted by molar-refractivity contribution is 5.92. The largest absolute Gasteiger partial charge is 0.491 e. The molecular weight excluding hydrogens is 1300 g/mol. The van der Waals surface area contributed by atoms with E-state index < -0.39 is 10.8 Å². The number of hydrogen-bond donors (Lipinski definition) is 0. The molecule has 0 saturated carbocycles. The van der Waals surface area contributed by atoms with Gasteiger partial charge in [-0.3, -0.25) is 0 Å². The van der Waals surface area contributed by atoms with Gasteiger partial charge in [-0.05, 0) is 248 Å². The van der Waals surface area contributed by atoms with E-state index in [0.717, 1.165) is 113 Å². The molecule has 2 aliphatic carbocycles. The first-order valence-electron chi connectivity index (χ1n) is 36.4. The van der Waals surface area contributed by atoms with Gasteiger partial charge in [0.15, 0.2) is 0 Å². The van der Waals surface area contributed by atoms with E-state index in [-0.39, 0.29) is 0 Å². The van der Waals surface area contributed by atoms with Crippen molar-refractivity contribution in [3.05, 3.63) is 409 Å². The molecule has 0 spiro atoms. The number of nitrogens with zero attached hydrogens (tertiary/aromatic N) is 2. The summed E-state index contributed by atoms with van der Waals surface area (Å²) in [5, 5.41) is 0. The van der Waals surface area contributed by atoms with Crippen molar-refractivity contribution >= 4 is 46.3 Å². The third-order valence-corrected chi connectivity index (χ3v) is 20.4. The van der Waals surface area contributed by atoms with Crippen molar-refractivity contribution in [2.75, 3.05) is 49.4 Å². The lowest BCUT2D eigenvalue weighted by atomic mass is 9.67. The third-order valence-electron chi connectivity index (χ3n) is 20.4. The van der Waals surface area contributed by atoms with Crippen molar-refractivity contribution in [1.29, 1.82) is 0 Å². The second-order valence-corrected chi connectivity index (χ2v) is 26.4. The van der Waals surface area contributed by atoms with Crippen LogP contribution in [0.15, 0.2) is 353 Å². The van der Waals surface area contributed by atoms with Gasteiger partial charge in [-0.2, -0.15) is 0 Å². The Morgan fingerprint density at radius 1 is 0.274 bits per heavy atom. The number of hydrogen-bond acceptors (Lipinski definition) is 8. The van der Waals surface area contributed by atoms with E-state index in [9.17, 15) is 0 Å². The average molecular weight is 1380 g/mol. The van der Waals surface area contributed by atoms with Gasteiger partial charge in [-0.1, -0.05) is 219 Å². The van der Waals surface area contributed by atoms with Gasteiger partial charge in [0.25, 0.3) is 0 Å². The van der Waals surface area contributed by atoms with Crippen LogP contribution < -0.4 is 28.7 Å². The smallest absolute Gasteiger partial charge is 0.127 e. The molecule has 1 unspecified atom stereocenters. The number of ether oxygens (including phenoxy) is 6. The van der Waals surface area contributed by atoms with Crippen LogP contribution in [-0.2, 0) is 20.3 Å². The van der Waals surface area contributed by atoms with Gasteiger partial charge in [0.05, 0.1) is 24.0 Å². The molecule has 0 N–H and O–H groups in total. The fourth-order valence-electron chi connectivity index (χ4n) is 15.5. The molecule has 0 bridgehead atoms. The van der Waals surface area contributed by atoms with E-state index in [0.29, 0.717) is 39.6 Å². The van der Waals surface area contributed by atoms with Crippen LogP contribution in [0.5, 0.6) is 34.5 Å². The molecule has 8 nitrogen and oxygen atoms in total. The summed E-state index contributed by atoms with van der Waals surface area (Å²) < 4.78 is 36.7. The van der Waals surface area contributed by atoms with Crippen molar-refractivity contribution in [2.45, 2.75) is 24.7 Å². The van der Waals surface area contributed by atoms with Gasteiger partial charge in [-0.15, -0.1) is 0 Å². The predicted octanol–water partition coefficient (Wildman–Crippen LogP) is 24.7. The molecule has 8 heteroatoms. The minimum atomic E-state index is -0.738. The van der Waals surface area contributed by atoms with Gasteiger partial charge in [-0.25, -0.2) is 0 Å². The summed E-state index contributed by atoms with van der Waals surface area (Å²) in [5.74, 6) is 4.58. The first-order chi connectivity index (χ1) is 52.3. The Balaban J connectivity index is 0.753. The Morgan fingerprint density at radius 3 is 0.906 bits per heavy atom. The fourth-order valence-corrected chi connectivity index (χ4v) is 15.5. The lowest BCUT2D eigenvalue weighted by molar-refractivity contribution is 0.110. The van der Waals surface area contributed by atoms with Crippen molar-refractivity contribution in [3.8, 4) is 67.9 Å². The zero-order valence-corrected chi connectivity index (χ0v) is 59.5. The molecule has 0 amide bonds. The standard InChI is InChI=1S/C98H80N2O6/c1-5-69-27-49-85(50-28-69)105-87-57-39-75(40-58-87)97(73-35-53-83(54-36-73)103-65-63-101-7-3)93-25-17-15-23-89(93)91-61-47-81(67-95(91)97)99(77-19-11-9-12-20-77)79-43-31-71(32-44-79)72-33-45-80(46-34-72)100(78-21-13-10-14-22-78)82-48-62-92-90-24-16-18-26-94(90)98(96(92)68-82,74-37-55-84(56-38-74)104-66-64-102-8-4)76-41-59-88(60-42-76)106-86-51-29-70(6-2)30-52-86/h5-6,9-62,67-68H,1-2,7-8,63-66H2,3-4H3/t97-,98?/m0/s1. The van der Waals surface area contributed by atoms with E-state index in [4.69, 9.17) is 28.4 Å². The molecule has 0 aliphatic heterocycles. The van der Waals surface area contributed by atoms with E-state index in [1.807, 2.05) is 74.5 Å². The number of benzene rings is 14. The second-order valence-electron chi connectivity index (χ2n) is 26.4. The van der Waals surface area contributed by atoms with Crippen LogP contribution in [0.4, 0.5) is 34.1 Å². The van der Waals surface area contributed by atoms with Gasteiger partial charge < -0.3 is 38.2 Å². The van der Waals surface area contributed by atoms with Crippen LogP contribution in [0.1, 0.15) is 69.5 Å². The minimum Gasteiger partial charge on any atom is -0.491 e. The minimum absolute atomic E-state index is 0.463. The Hall–Kier alpha value is -12.7. The molecule has 2 atom stereocenters. The zero-order chi connectivity index (χ0) is 71.8. The third kappa shape index (κ3) is 13.0. The summed E-state index contributed by atoms with van der Waals surface area (Å²) in [5.41, 5.74) is 22.9. The van der Waals surface area contributed by atoms with E-state index in [1.165, 1.54) is 44.5 Å². The van der Waals surface area contributed by atoms with Crippen LogP contribution in [0, 0.1) is 0 Å². The zero-order valence-electron chi connectivity index (χ0n) is 59.5. The molecule has 2 aliphatic rings. The van der Waals surface area contributed by atoms with Crippen molar-refractivity contribution < 1.29 is 28.4 Å². The first kappa shape index (κ1) is 67.7. The summed E-state index contributed by atoms with van der Waals surface area (Å²) in [7, 11) is 0. The summed E-state index contributed by atoms with van der Waals surface area (Å²) in [6, 6.07) is 121. The molecule has 0 saturated heterocycles. The van der Waals surface area contributed by atoms with Crippen molar-refractivity contribution in [1.82, 2.24) is 0 Å². The highest BCUT2D eigenvalue weighted by Crippen LogP contribution is 2.60. The Labute approximate surface area is 621 Å². The number of para-hydroxylation sites is 2. The molecule has 0 aromatic heterocycles. The lowest BCUT2D eigenvalue weighted by Gasteiger charge is -2.35. The van der Waals surface area contributed by atoms with Crippen LogP contribution in [-0.4, -0.2) is 39.6 Å². The summed E-state index contributed by atoms with van der Waals surface area (Å²) in [6.45, 7) is 15.1. The molecule has 0 fully saturated rings. The van der Waals surface area contributed by atoms with E-state index in [1.54, 1.807) is 0 Å². The molecule has 518 valence electrons. The molecule has 106 heavy (non-hydrogen) atoms. The Morgan fingerprint density at radius 2 is 0.566 bits per heavy atom. The topological polar surface area (TPSA) is 61.9 Å². The van der Waals surface area contributed by atoms with E-state index >= 15 is 0 Å². The maximum Gasteiger partial charge on any atom is 0.127 e. The number of anilines is 6. The highest BCUT2D eigenvalue weighted by atomic mass is 16.5. The maximum atomic E-state index is 6.48. The molecule has 0 heterocycles. The molecule has 0 radical (unpaired) electrons. The predicted molar refractivity (Wildman–Crippen MR) is 433 cm³/mol. The van der Waals surface area contributed by atoms with Gasteiger partial charge >= 0.3 is 0 Å². The number of rotatable bonds is 27. The monoisotopic (exact) mass is 1380 g/mol. The fraction of sp³-hybridized carbons (Fsp3) is 0.102. The van der Waals surface area contributed by atoms with Gasteiger partial charge in [0, 0.05) is 47.3 Å². The van der Waals surface area contributed by atoms with Crippen LogP contribution in [0.3, 0.4) is 0 Å². The molecular formula is C98H80N2O6. The average Bonchev–Trinajstić information content (AvgIpc) is 1.54. The molecule has 14 aromatic rings. The Bertz CT molecular complexity index is 5040. The SMILES string of the molecule is C=Cc1ccc(Oc2ccc(C3(c4ccc(OCCOCC)cc4)c4ccccc4-c4ccc(N(c5ccccc5)c5ccc(-c6ccc(N(c7ccccc7)c7ccc8c(c7)[C@@](c7ccc(OCCOCC)cc7)(c7ccc(Oc9ccc(C=C)cc9)cc7)c7ccccc7-8)cc6)cc5)cc43)cc2)cc1. The quantitative estimate of drug-likeness (QED) is 0.0472. The maximum absolute atomic E-state index is 6.48. The summed E-state index contributed by atoms with van der Waals surface area (Å²) in [4.78, 5) is 4.74. The van der Waals surface area contributed by atoms with Crippen LogP contribution >= 0.6 is 0 Å².